The summed E-state index contributed by atoms with van der Waals surface area (Å²) in [6, 6.07) is 16.8. The normalized spacial score (nSPS) is 10.7. The first-order chi connectivity index (χ1) is 7.92. The lowest BCUT2D eigenvalue weighted by atomic mass is 10.2. The lowest BCUT2D eigenvalue weighted by Gasteiger charge is -2.01. The number of fused-ring (bicyclic) bond motifs is 3. The van der Waals surface area contributed by atoms with Gasteiger partial charge in [0.1, 0.15) is 0 Å². The van der Waals surface area contributed by atoms with Crippen LogP contribution in [0.1, 0.15) is 0 Å². The topological polar surface area (TPSA) is 4.93 Å². The van der Waals surface area contributed by atoms with Gasteiger partial charge < -0.3 is 4.57 Å². The van der Waals surface area contributed by atoms with Crippen molar-refractivity contribution < 1.29 is 0 Å². The van der Waals surface area contributed by atoms with Gasteiger partial charge in [-0.2, -0.15) is 0 Å². The third-order valence-corrected chi connectivity index (χ3v) is 2.93. The highest BCUT2D eigenvalue weighted by Gasteiger charge is 2.07. The molecule has 1 heteroatoms. The maximum Gasteiger partial charge on any atom is 0.0841 e. The predicted octanol–water partition coefficient (Wildman–Crippen LogP) is 3.43. The summed E-state index contributed by atoms with van der Waals surface area (Å²) in [4.78, 5) is 0. The van der Waals surface area contributed by atoms with E-state index in [0.717, 1.165) is 0 Å². The number of hydrogen-bond acceptors (Lipinski definition) is 0. The van der Waals surface area contributed by atoms with Gasteiger partial charge in [0.2, 0.25) is 0 Å². The van der Waals surface area contributed by atoms with Crippen LogP contribution in [-0.4, -0.2) is 4.57 Å². The standard InChI is InChI=1S/C15H11N/c1-2-11-16-14-9-5-3-7-12(14)13-8-4-6-10-15(13)16/h1,3-10H,11H2. The van der Waals surface area contributed by atoms with Crippen molar-refractivity contribution in [2.24, 2.45) is 0 Å². The van der Waals surface area contributed by atoms with Gasteiger partial charge in [0.05, 0.1) is 6.54 Å². The first kappa shape index (κ1) is 9.06. The van der Waals surface area contributed by atoms with E-state index in [2.05, 4.69) is 46.9 Å². The smallest absolute Gasteiger partial charge is 0.0841 e. The van der Waals surface area contributed by atoms with E-state index in [4.69, 9.17) is 6.42 Å². The summed E-state index contributed by atoms with van der Waals surface area (Å²) in [7, 11) is 0. The molecule has 16 heavy (non-hydrogen) atoms. The van der Waals surface area contributed by atoms with Crippen LogP contribution in [0.2, 0.25) is 0 Å². The van der Waals surface area contributed by atoms with Gasteiger partial charge in [0.25, 0.3) is 0 Å². The number of benzene rings is 2. The Bertz CT molecular complexity index is 645. The van der Waals surface area contributed by atoms with E-state index < -0.39 is 0 Å². The summed E-state index contributed by atoms with van der Waals surface area (Å²) < 4.78 is 2.19. The fourth-order valence-electron chi connectivity index (χ4n) is 2.26. The minimum Gasteiger partial charge on any atom is -0.329 e. The van der Waals surface area contributed by atoms with Gasteiger partial charge >= 0.3 is 0 Å². The highest BCUT2D eigenvalue weighted by Crippen LogP contribution is 2.28. The first-order valence-electron chi connectivity index (χ1n) is 5.31. The molecule has 0 bridgehead atoms. The van der Waals surface area contributed by atoms with Crippen LogP contribution in [-0.2, 0) is 6.54 Å². The molecule has 76 valence electrons. The van der Waals surface area contributed by atoms with E-state index in [1.165, 1.54) is 21.8 Å². The van der Waals surface area contributed by atoms with Gasteiger partial charge in [-0.25, -0.2) is 0 Å². The average Bonchev–Trinajstić information content (AvgIpc) is 2.66. The van der Waals surface area contributed by atoms with Gasteiger partial charge in [0, 0.05) is 21.8 Å². The molecule has 0 radical (unpaired) electrons. The van der Waals surface area contributed by atoms with Crippen molar-refractivity contribution in [2.45, 2.75) is 6.54 Å². The van der Waals surface area contributed by atoms with Crippen LogP contribution in [0.25, 0.3) is 21.8 Å². The van der Waals surface area contributed by atoms with Gasteiger partial charge in [-0.15, -0.1) is 6.42 Å². The average molecular weight is 205 g/mol. The zero-order valence-electron chi connectivity index (χ0n) is 8.85. The fourth-order valence-corrected chi connectivity index (χ4v) is 2.26. The first-order valence-corrected chi connectivity index (χ1v) is 5.31. The van der Waals surface area contributed by atoms with Gasteiger partial charge in [-0.3, -0.25) is 0 Å². The van der Waals surface area contributed by atoms with Crippen molar-refractivity contribution >= 4 is 21.8 Å². The van der Waals surface area contributed by atoms with Crippen LogP contribution in [0.5, 0.6) is 0 Å². The number of nitrogens with zero attached hydrogens (tertiary/aromatic N) is 1. The summed E-state index contributed by atoms with van der Waals surface area (Å²) in [6.07, 6.45) is 5.43. The second-order valence-corrected chi connectivity index (χ2v) is 3.82. The largest absolute Gasteiger partial charge is 0.329 e. The second-order valence-electron chi connectivity index (χ2n) is 3.82. The summed E-state index contributed by atoms with van der Waals surface area (Å²) >= 11 is 0. The maximum atomic E-state index is 5.43. The minimum atomic E-state index is 0.619. The van der Waals surface area contributed by atoms with Crippen molar-refractivity contribution in [1.82, 2.24) is 4.57 Å². The quantitative estimate of drug-likeness (QED) is 0.536. The molecule has 0 aliphatic rings. The SMILES string of the molecule is C#CCn1c2ccccc2c2ccccc21. The molecular weight excluding hydrogens is 194 g/mol. The Balaban J connectivity index is 2.55. The molecule has 3 rings (SSSR count). The molecule has 0 saturated heterocycles. The van der Waals surface area contributed by atoms with Crippen LogP contribution in [0.4, 0.5) is 0 Å². The van der Waals surface area contributed by atoms with Crippen LogP contribution in [0.3, 0.4) is 0 Å². The van der Waals surface area contributed by atoms with E-state index >= 15 is 0 Å². The monoisotopic (exact) mass is 205 g/mol. The van der Waals surface area contributed by atoms with E-state index in [1.54, 1.807) is 0 Å². The molecule has 0 saturated carbocycles. The van der Waals surface area contributed by atoms with Crippen molar-refractivity contribution in [3.8, 4) is 12.3 Å². The second kappa shape index (κ2) is 3.43. The van der Waals surface area contributed by atoms with Gasteiger partial charge in [-0.05, 0) is 12.1 Å². The molecule has 0 fully saturated rings. The Hall–Kier alpha value is -2.20. The summed E-state index contributed by atoms with van der Waals surface area (Å²) in [5.74, 6) is 2.72. The molecule has 0 aliphatic heterocycles. The number of rotatable bonds is 1. The highest BCUT2D eigenvalue weighted by molar-refractivity contribution is 6.07. The van der Waals surface area contributed by atoms with Crippen LogP contribution >= 0.6 is 0 Å². The van der Waals surface area contributed by atoms with E-state index in [1.807, 2.05) is 12.1 Å². The Morgan fingerprint density at radius 1 is 0.875 bits per heavy atom. The van der Waals surface area contributed by atoms with Crippen molar-refractivity contribution in [2.75, 3.05) is 0 Å². The molecule has 0 atom stereocenters. The van der Waals surface area contributed by atoms with E-state index in [0.29, 0.717) is 6.54 Å². The van der Waals surface area contributed by atoms with Crippen LogP contribution < -0.4 is 0 Å². The molecule has 1 aromatic heterocycles. The minimum absolute atomic E-state index is 0.619. The van der Waals surface area contributed by atoms with Gasteiger partial charge in [0.15, 0.2) is 0 Å². The molecule has 0 amide bonds. The summed E-state index contributed by atoms with van der Waals surface area (Å²) in [5, 5.41) is 2.54. The van der Waals surface area contributed by atoms with E-state index in [9.17, 15) is 0 Å². The lowest BCUT2D eigenvalue weighted by molar-refractivity contribution is 0.924. The Morgan fingerprint density at radius 2 is 1.38 bits per heavy atom. The third-order valence-electron chi connectivity index (χ3n) is 2.93. The molecule has 0 N–H and O–H groups in total. The summed E-state index contributed by atoms with van der Waals surface area (Å²) in [6.45, 7) is 0.619. The van der Waals surface area contributed by atoms with Crippen LogP contribution in [0, 0.1) is 12.3 Å². The van der Waals surface area contributed by atoms with Crippen molar-refractivity contribution in [3.05, 3.63) is 48.5 Å². The molecule has 0 aliphatic carbocycles. The Kier molecular flexibility index (Phi) is 1.94. The Labute approximate surface area is 94.3 Å². The lowest BCUT2D eigenvalue weighted by Crippen LogP contribution is -1.93. The molecule has 1 nitrogen and oxygen atoms in total. The van der Waals surface area contributed by atoms with E-state index in [-0.39, 0.29) is 0 Å². The summed E-state index contributed by atoms with van der Waals surface area (Å²) in [5.41, 5.74) is 2.42. The maximum absolute atomic E-state index is 5.43. The zero-order chi connectivity index (χ0) is 11.0. The molecule has 2 aromatic carbocycles. The number of para-hydroxylation sites is 2. The highest BCUT2D eigenvalue weighted by atomic mass is 15.0. The zero-order valence-corrected chi connectivity index (χ0v) is 8.85. The number of hydrogen-bond donors (Lipinski definition) is 0. The molecular formula is C15H11N. The number of aromatic nitrogens is 1. The molecule has 3 aromatic rings. The Morgan fingerprint density at radius 3 is 1.88 bits per heavy atom. The molecule has 0 unspecified atom stereocenters. The third kappa shape index (κ3) is 1.14. The van der Waals surface area contributed by atoms with Crippen LogP contribution in [0.15, 0.2) is 48.5 Å². The predicted molar refractivity (Wildman–Crippen MR) is 68.3 cm³/mol. The van der Waals surface area contributed by atoms with Gasteiger partial charge in [-0.1, -0.05) is 42.3 Å². The molecule has 1 heterocycles. The number of terminal acetylenes is 1. The van der Waals surface area contributed by atoms with Crippen molar-refractivity contribution in [1.29, 1.82) is 0 Å². The fraction of sp³-hybridized carbons (Fsp3) is 0.0667. The van der Waals surface area contributed by atoms with Crippen molar-refractivity contribution in [3.63, 3.8) is 0 Å². The molecule has 0 spiro atoms.